The number of ketones is 1. The van der Waals surface area contributed by atoms with Crippen molar-refractivity contribution < 1.29 is 28.9 Å². The number of benzene rings is 2. The molecule has 0 radical (unpaired) electrons. The van der Waals surface area contributed by atoms with E-state index in [1.54, 1.807) is 31.4 Å². The van der Waals surface area contributed by atoms with Crippen molar-refractivity contribution in [3.8, 4) is 11.5 Å². The lowest BCUT2D eigenvalue weighted by Crippen LogP contribution is -2.31. The Balaban J connectivity index is 2.03. The van der Waals surface area contributed by atoms with Crippen molar-refractivity contribution in [1.82, 2.24) is 4.90 Å². The van der Waals surface area contributed by atoms with Crippen LogP contribution in [0.1, 0.15) is 50.3 Å². The molecule has 2 aromatic carbocycles. The third-order valence-electron chi connectivity index (χ3n) is 5.54. The van der Waals surface area contributed by atoms with Gasteiger partial charge in [0.25, 0.3) is 11.7 Å². The molecule has 1 amide bonds. The molecular formula is C27H33NO6. The number of methoxy groups -OCH3 is 1. The van der Waals surface area contributed by atoms with Crippen molar-refractivity contribution in [1.29, 1.82) is 0 Å². The molecule has 0 bridgehead atoms. The summed E-state index contributed by atoms with van der Waals surface area (Å²) in [6, 6.07) is 13.5. The maximum atomic E-state index is 13.1. The highest BCUT2D eigenvalue weighted by Crippen LogP contribution is 2.40. The average Bonchev–Trinajstić information content (AvgIpc) is 3.11. The van der Waals surface area contributed by atoms with Crippen molar-refractivity contribution in [3.05, 3.63) is 65.2 Å². The summed E-state index contributed by atoms with van der Waals surface area (Å²) in [6.45, 7) is 5.97. The van der Waals surface area contributed by atoms with E-state index in [1.807, 2.05) is 38.1 Å². The van der Waals surface area contributed by atoms with E-state index in [-0.39, 0.29) is 11.3 Å². The summed E-state index contributed by atoms with van der Waals surface area (Å²) in [7, 11) is 1.59. The molecule has 1 heterocycles. The highest BCUT2D eigenvalue weighted by atomic mass is 16.5. The Kier molecular flexibility index (Phi) is 9.10. The van der Waals surface area contributed by atoms with Crippen molar-refractivity contribution >= 4 is 17.4 Å². The lowest BCUT2D eigenvalue weighted by Gasteiger charge is -2.25. The van der Waals surface area contributed by atoms with E-state index >= 15 is 0 Å². The van der Waals surface area contributed by atoms with Gasteiger partial charge in [0.2, 0.25) is 0 Å². The first-order valence-electron chi connectivity index (χ1n) is 11.7. The van der Waals surface area contributed by atoms with Crippen LogP contribution < -0.4 is 9.47 Å². The molecule has 0 spiro atoms. The third kappa shape index (κ3) is 5.78. The predicted molar refractivity (Wildman–Crippen MR) is 130 cm³/mol. The van der Waals surface area contributed by atoms with Gasteiger partial charge in [-0.05, 0) is 49.1 Å². The number of carbonyl (C=O) groups is 2. The van der Waals surface area contributed by atoms with E-state index < -0.39 is 17.7 Å². The quantitative estimate of drug-likeness (QED) is 0.210. The minimum Gasteiger partial charge on any atom is -0.507 e. The highest BCUT2D eigenvalue weighted by Gasteiger charge is 2.45. The molecule has 7 nitrogen and oxygen atoms in total. The van der Waals surface area contributed by atoms with Crippen LogP contribution in [-0.4, -0.2) is 55.2 Å². The van der Waals surface area contributed by atoms with Gasteiger partial charge in [-0.2, -0.15) is 0 Å². The highest BCUT2D eigenvalue weighted by molar-refractivity contribution is 6.46. The molecule has 1 aliphatic heterocycles. The summed E-state index contributed by atoms with van der Waals surface area (Å²) < 4.78 is 16.5. The fourth-order valence-corrected chi connectivity index (χ4v) is 3.91. The van der Waals surface area contributed by atoms with Gasteiger partial charge in [0.15, 0.2) is 0 Å². The van der Waals surface area contributed by atoms with E-state index in [4.69, 9.17) is 14.2 Å². The van der Waals surface area contributed by atoms with Crippen molar-refractivity contribution in [2.45, 2.75) is 39.2 Å². The van der Waals surface area contributed by atoms with E-state index in [0.29, 0.717) is 49.8 Å². The Morgan fingerprint density at radius 3 is 2.26 bits per heavy atom. The SMILES string of the molecule is CCCOc1ccc(C2/C(=C(/O)c3cccc(OCCC)c3)C(=O)C(=O)N2CCCOC)cc1. The van der Waals surface area contributed by atoms with Crippen LogP contribution in [0.15, 0.2) is 54.1 Å². The normalized spacial score (nSPS) is 17.3. The maximum absolute atomic E-state index is 13.1. The second kappa shape index (κ2) is 12.2. The Morgan fingerprint density at radius 2 is 1.62 bits per heavy atom. The van der Waals surface area contributed by atoms with Gasteiger partial charge in [-0.25, -0.2) is 0 Å². The zero-order valence-electron chi connectivity index (χ0n) is 20.1. The number of aliphatic hydroxyl groups excluding tert-OH is 1. The van der Waals surface area contributed by atoms with Gasteiger partial charge < -0.3 is 24.2 Å². The lowest BCUT2D eigenvalue weighted by atomic mass is 9.95. The zero-order valence-corrected chi connectivity index (χ0v) is 20.1. The van der Waals surface area contributed by atoms with Crippen LogP contribution in [0.2, 0.25) is 0 Å². The molecule has 1 fully saturated rings. The molecule has 1 N–H and O–H groups in total. The molecule has 1 atom stereocenters. The number of nitrogens with zero attached hydrogens (tertiary/aromatic N) is 1. The molecule has 7 heteroatoms. The van der Waals surface area contributed by atoms with Gasteiger partial charge in [-0.1, -0.05) is 38.1 Å². The average molecular weight is 468 g/mol. The summed E-state index contributed by atoms with van der Waals surface area (Å²) in [4.78, 5) is 27.6. The summed E-state index contributed by atoms with van der Waals surface area (Å²) in [5.41, 5.74) is 1.22. The molecule has 34 heavy (non-hydrogen) atoms. The standard InChI is InChI=1S/C27H33NO6/c1-4-15-33-21-12-10-19(11-13-21)24-23(26(30)27(31)28(24)14-7-17-32-3)25(29)20-8-6-9-22(18-20)34-16-5-2/h6,8-13,18,24,29H,4-5,7,14-17H2,1-3H3/b25-23-. The molecule has 0 aliphatic carbocycles. The molecule has 182 valence electrons. The first-order valence-corrected chi connectivity index (χ1v) is 11.7. The van der Waals surface area contributed by atoms with Crippen LogP contribution in [0, 0.1) is 0 Å². The van der Waals surface area contributed by atoms with Crippen LogP contribution in [0.5, 0.6) is 11.5 Å². The molecule has 1 unspecified atom stereocenters. The summed E-state index contributed by atoms with van der Waals surface area (Å²) >= 11 is 0. The number of carbonyl (C=O) groups excluding carboxylic acids is 2. The second-order valence-corrected chi connectivity index (χ2v) is 8.13. The fourth-order valence-electron chi connectivity index (χ4n) is 3.91. The Hall–Kier alpha value is -3.32. The molecule has 1 saturated heterocycles. The smallest absolute Gasteiger partial charge is 0.295 e. The Labute approximate surface area is 200 Å². The number of aliphatic hydroxyl groups is 1. The summed E-state index contributed by atoms with van der Waals surface area (Å²) in [5.74, 6) is -0.249. The third-order valence-corrected chi connectivity index (χ3v) is 5.54. The lowest BCUT2D eigenvalue weighted by molar-refractivity contribution is -0.140. The molecule has 3 rings (SSSR count). The van der Waals surface area contributed by atoms with E-state index in [0.717, 1.165) is 18.4 Å². The van der Waals surface area contributed by atoms with Crippen molar-refractivity contribution in [2.24, 2.45) is 0 Å². The number of rotatable bonds is 12. The monoisotopic (exact) mass is 467 g/mol. The number of amides is 1. The molecule has 2 aromatic rings. The van der Waals surface area contributed by atoms with Gasteiger partial charge in [-0.15, -0.1) is 0 Å². The Bertz CT molecular complexity index is 1010. The maximum Gasteiger partial charge on any atom is 0.295 e. The Morgan fingerprint density at radius 1 is 0.941 bits per heavy atom. The first-order chi connectivity index (χ1) is 16.5. The van der Waals surface area contributed by atoms with Gasteiger partial charge in [-0.3, -0.25) is 9.59 Å². The second-order valence-electron chi connectivity index (χ2n) is 8.13. The minimum absolute atomic E-state index is 0.0669. The number of hydrogen-bond acceptors (Lipinski definition) is 6. The number of ether oxygens (including phenoxy) is 3. The van der Waals surface area contributed by atoms with Gasteiger partial charge in [0, 0.05) is 25.8 Å². The first kappa shape index (κ1) is 25.3. The van der Waals surface area contributed by atoms with Crippen LogP contribution in [0.3, 0.4) is 0 Å². The predicted octanol–water partition coefficient (Wildman–Crippen LogP) is 4.72. The number of likely N-dealkylation sites (tertiary alicyclic amines) is 1. The number of Topliss-reactive ketones (excluding diaryl/α,β-unsaturated/α-hetero) is 1. The van der Waals surface area contributed by atoms with Crippen LogP contribution in [-0.2, 0) is 14.3 Å². The van der Waals surface area contributed by atoms with Crippen molar-refractivity contribution in [3.63, 3.8) is 0 Å². The van der Waals surface area contributed by atoms with Crippen molar-refractivity contribution in [2.75, 3.05) is 33.5 Å². The molecule has 0 saturated carbocycles. The van der Waals surface area contributed by atoms with Crippen LogP contribution >= 0.6 is 0 Å². The topological polar surface area (TPSA) is 85.3 Å². The zero-order chi connectivity index (χ0) is 24.5. The number of hydrogen-bond donors (Lipinski definition) is 1. The van der Waals surface area contributed by atoms with Gasteiger partial charge >= 0.3 is 0 Å². The van der Waals surface area contributed by atoms with Gasteiger partial charge in [0.05, 0.1) is 24.8 Å². The van der Waals surface area contributed by atoms with E-state index in [9.17, 15) is 14.7 Å². The van der Waals surface area contributed by atoms with Crippen LogP contribution in [0.4, 0.5) is 0 Å². The van der Waals surface area contributed by atoms with E-state index in [2.05, 4.69) is 0 Å². The summed E-state index contributed by atoms with van der Waals surface area (Å²) in [6.07, 6.45) is 2.31. The van der Waals surface area contributed by atoms with E-state index in [1.165, 1.54) is 4.90 Å². The fraction of sp³-hybridized carbons (Fsp3) is 0.407. The molecular weight excluding hydrogens is 434 g/mol. The molecule has 0 aromatic heterocycles. The minimum atomic E-state index is -0.711. The summed E-state index contributed by atoms with van der Waals surface area (Å²) in [5, 5.41) is 11.2. The van der Waals surface area contributed by atoms with Gasteiger partial charge in [0.1, 0.15) is 17.3 Å². The largest absolute Gasteiger partial charge is 0.507 e. The van der Waals surface area contributed by atoms with Crippen LogP contribution in [0.25, 0.3) is 5.76 Å². The molecule has 1 aliphatic rings.